The minimum Gasteiger partial charge on any atom is -0.355 e. The van der Waals surface area contributed by atoms with Crippen molar-refractivity contribution in [2.75, 3.05) is 46.3 Å². The third kappa shape index (κ3) is 6.29. The summed E-state index contributed by atoms with van der Waals surface area (Å²) < 4.78 is 0. The molecule has 0 atom stereocenters. The van der Waals surface area contributed by atoms with Crippen molar-refractivity contribution in [3.63, 3.8) is 0 Å². The number of piperidine rings is 1. The first-order chi connectivity index (χ1) is 12.8. The maximum atomic E-state index is 4.34. The van der Waals surface area contributed by atoms with E-state index < -0.39 is 0 Å². The first-order valence-electron chi connectivity index (χ1n) is 10.3. The van der Waals surface area contributed by atoms with Gasteiger partial charge in [0.1, 0.15) is 0 Å². The number of nitrogens with zero attached hydrogens (tertiary/aromatic N) is 3. The zero-order valence-electron chi connectivity index (χ0n) is 16.3. The van der Waals surface area contributed by atoms with Crippen LogP contribution in [0.15, 0.2) is 29.3 Å². The normalized spacial score (nSPS) is 19.7. The molecule has 144 valence electrons. The Morgan fingerprint density at radius 2 is 1.46 bits per heavy atom. The lowest BCUT2D eigenvalue weighted by Gasteiger charge is -2.26. The second-order valence-corrected chi connectivity index (χ2v) is 7.55. The third-order valence-electron chi connectivity index (χ3n) is 5.48. The predicted molar refractivity (Wildman–Crippen MR) is 109 cm³/mol. The number of likely N-dealkylation sites (tertiary alicyclic amines) is 2. The van der Waals surface area contributed by atoms with Gasteiger partial charge in [0.05, 0.1) is 0 Å². The van der Waals surface area contributed by atoms with Gasteiger partial charge in [-0.1, -0.05) is 30.7 Å². The highest BCUT2D eigenvalue weighted by Gasteiger charge is 2.11. The molecule has 0 saturated carbocycles. The monoisotopic (exact) mass is 357 g/mol. The molecule has 5 nitrogen and oxygen atoms in total. The van der Waals surface area contributed by atoms with Crippen LogP contribution in [-0.2, 0) is 13.1 Å². The van der Waals surface area contributed by atoms with Gasteiger partial charge in [-0.3, -0.25) is 9.89 Å². The average molecular weight is 358 g/mol. The van der Waals surface area contributed by atoms with E-state index in [1.54, 1.807) is 0 Å². The van der Waals surface area contributed by atoms with Crippen molar-refractivity contribution < 1.29 is 0 Å². The standard InChI is InChI=1S/C21H35N5/c1-22-21(23-11-16-25-12-3-2-4-13-25)24-17-19-7-9-20(10-8-19)18-26-14-5-6-15-26/h7-10H,2-6,11-18H2,1H3,(H2,22,23,24). The van der Waals surface area contributed by atoms with Gasteiger partial charge in [0.2, 0.25) is 0 Å². The molecule has 2 aliphatic rings. The molecule has 2 N–H and O–H groups in total. The van der Waals surface area contributed by atoms with Crippen LogP contribution < -0.4 is 10.6 Å². The summed E-state index contributed by atoms with van der Waals surface area (Å²) in [6, 6.07) is 9.00. The van der Waals surface area contributed by atoms with E-state index in [2.05, 4.69) is 49.7 Å². The number of hydrogen-bond donors (Lipinski definition) is 2. The van der Waals surface area contributed by atoms with Crippen molar-refractivity contribution in [2.24, 2.45) is 4.99 Å². The van der Waals surface area contributed by atoms with Crippen molar-refractivity contribution >= 4 is 5.96 Å². The van der Waals surface area contributed by atoms with Crippen molar-refractivity contribution in [1.82, 2.24) is 20.4 Å². The fraction of sp³-hybridized carbons (Fsp3) is 0.667. The summed E-state index contributed by atoms with van der Waals surface area (Å²) in [6.45, 7) is 8.96. The summed E-state index contributed by atoms with van der Waals surface area (Å²) in [5.41, 5.74) is 2.72. The van der Waals surface area contributed by atoms with Gasteiger partial charge in [-0.2, -0.15) is 0 Å². The molecule has 0 aromatic heterocycles. The Labute approximate surface area is 158 Å². The lowest BCUT2D eigenvalue weighted by atomic mass is 10.1. The molecular formula is C21H35N5. The Morgan fingerprint density at radius 1 is 0.846 bits per heavy atom. The molecule has 2 heterocycles. The van der Waals surface area contributed by atoms with E-state index in [0.29, 0.717) is 0 Å². The molecule has 26 heavy (non-hydrogen) atoms. The molecule has 0 bridgehead atoms. The minimum absolute atomic E-state index is 0.813. The average Bonchev–Trinajstić information content (AvgIpc) is 3.19. The van der Waals surface area contributed by atoms with Crippen LogP contribution in [0.25, 0.3) is 0 Å². The van der Waals surface area contributed by atoms with Crippen LogP contribution in [0.2, 0.25) is 0 Å². The summed E-state index contributed by atoms with van der Waals surface area (Å²) in [7, 11) is 1.84. The molecule has 1 aromatic carbocycles. The van der Waals surface area contributed by atoms with E-state index in [9.17, 15) is 0 Å². The molecule has 0 aliphatic carbocycles. The van der Waals surface area contributed by atoms with Gasteiger partial charge in [0.25, 0.3) is 0 Å². The summed E-state index contributed by atoms with van der Waals surface area (Å²) in [6.07, 6.45) is 6.79. The van der Waals surface area contributed by atoms with Crippen LogP contribution >= 0.6 is 0 Å². The Bertz CT molecular complexity index is 542. The highest BCUT2D eigenvalue weighted by Crippen LogP contribution is 2.13. The zero-order chi connectivity index (χ0) is 18.0. The molecule has 1 aromatic rings. The molecule has 5 heteroatoms. The number of hydrogen-bond acceptors (Lipinski definition) is 3. The Hall–Kier alpha value is -1.59. The summed E-state index contributed by atoms with van der Waals surface area (Å²) >= 11 is 0. The number of aliphatic imine (C=N–C) groups is 1. The molecule has 3 rings (SSSR count). The third-order valence-corrected chi connectivity index (χ3v) is 5.48. The second kappa shape index (κ2) is 10.5. The molecule has 0 amide bonds. The van der Waals surface area contributed by atoms with E-state index in [1.807, 2.05) is 7.05 Å². The maximum Gasteiger partial charge on any atom is 0.191 e. The summed E-state index contributed by atoms with van der Waals surface area (Å²) in [4.78, 5) is 9.43. The largest absolute Gasteiger partial charge is 0.355 e. The molecule has 0 radical (unpaired) electrons. The molecule has 2 saturated heterocycles. The van der Waals surface area contributed by atoms with Crippen LogP contribution in [0.3, 0.4) is 0 Å². The quantitative estimate of drug-likeness (QED) is 0.581. The predicted octanol–water partition coefficient (Wildman–Crippen LogP) is 2.43. The van der Waals surface area contributed by atoms with Gasteiger partial charge in [0.15, 0.2) is 5.96 Å². The van der Waals surface area contributed by atoms with Crippen LogP contribution in [0.1, 0.15) is 43.2 Å². The first-order valence-corrected chi connectivity index (χ1v) is 10.3. The van der Waals surface area contributed by atoms with Crippen molar-refractivity contribution in [2.45, 2.75) is 45.2 Å². The van der Waals surface area contributed by atoms with E-state index in [-0.39, 0.29) is 0 Å². The number of nitrogens with one attached hydrogen (secondary N) is 2. The van der Waals surface area contributed by atoms with Gasteiger partial charge in [-0.15, -0.1) is 0 Å². The molecule has 2 fully saturated rings. The first kappa shape index (κ1) is 19.2. The number of guanidine groups is 1. The van der Waals surface area contributed by atoms with Crippen LogP contribution in [0.4, 0.5) is 0 Å². The van der Waals surface area contributed by atoms with Gasteiger partial charge in [-0.25, -0.2) is 0 Å². The van der Waals surface area contributed by atoms with Crippen LogP contribution in [0.5, 0.6) is 0 Å². The Morgan fingerprint density at radius 3 is 2.15 bits per heavy atom. The fourth-order valence-electron chi connectivity index (χ4n) is 3.88. The molecule has 2 aliphatic heterocycles. The highest BCUT2D eigenvalue weighted by atomic mass is 15.2. The topological polar surface area (TPSA) is 42.9 Å². The molecular weight excluding hydrogens is 322 g/mol. The zero-order valence-corrected chi connectivity index (χ0v) is 16.3. The molecule has 0 unspecified atom stereocenters. The Balaban J connectivity index is 1.36. The van der Waals surface area contributed by atoms with Gasteiger partial charge in [0, 0.05) is 33.2 Å². The summed E-state index contributed by atoms with van der Waals surface area (Å²) in [5, 5.41) is 6.86. The fourth-order valence-corrected chi connectivity index (χ4v) is 3.88. The van der Waals surface area contributed by atoms with E-state index in [1.165, 1.54) is 69.4 Å². The minimum atomic E-state index is 0.813. The summed E-state index contributed by atoms with van der Waals surface area (Å²) in [5.74, 6) is 0.892. The van der Waals surface area contributed by atoms with Crippen molar-refractivity contribution in [3.05, 3.63) is 35.4 Å². The Kier molecular flexibility index (Phi) is 7.77. The van der Waals surface area contributed by atoms with Crippen molar-refractivity contribution in [3.8, 4) is 0 Å². The van der Waals surface area contributed by atoms with Crippen LogP contribution in [0, 0.1) is 0 Å². The SMILES string of the molecule is CN=C(NCCN1CCCCC1)NCc1ccc(CN2CCCC2)cc1. The smallest absolute Gasteiger partial charge is 0.191 e. The maximum absolute atomic E-state index is 4.34. The van der Waals surface area contributed by atoms with Crippen LogP contribution in [-0.4, -0.2) is 62.1 Å². The molecule has 0 spiro atoms. The number of rotatable bonds is 7. The van der Waals surface area contributed by atoms with Gasteiger partial charge >= 0.3 is 0 Å². The van der Waals surface area contributed by atoms with Gasteiger partial charge in [-0.05, 0) is 63.0 Å². The lowest BCUT2D eigenvalue weighted by molar-refractivity contribution is 0.232. The van der Waals surface area contributed by atoms with E-state index >= 15 is 0 Å². The second-order valence-electron chi connectivity index (χ2n) is 7.55. The lowest BCUT2D eigenvalue weighted by Crippen LogP contribution is -2.42. The van der Waals surface area contributed by atoms with Gasteiger partial charge < -0.3 is 15.5 Å². The van der Waals surface area contributed by atoms with E-state index in [4.69, 9.17) is 0 Å². The highest BCUT2D eigenvalue weighted by molar-refractivity contribution is 5.79. The van der Waals surface area contributed by atoms with Crippen molar-refractivity contribution in [1.29, 1.82) is 0 Å². The number of benzene rings is 1. The van der Waals surface area contributed by atoms with E-state index in [0.717, 1.165) is 32.1 Å².